The molecule has 21 heavy (non-hydrogen) atoms. The Kier molecular flexibility index (Phi) is 6.07. The van der Waals surface area contributed by atoms with Crippen LogP contribution in [0.15, 0.2) is 12.3 Å². The number of pyridine rings is 1. The molecule has 0 bridgehead atoms. The first-order valence-corrected chi connectivity index (χ1v) is 6.44. The van der Waals surface area contributed by atoms with E-state index in [0.717, 1.165) is 12.6 Å². The second kappa shape index (κ2) is 7.79. The van der Waals surface area contributed by atoms with Crippen LogP contribution in [0, 0.1) is 27.4 Å². The zero-order chi connectivity index (χ0) is 15.8. The van der Waals surface area contributed by atoms with Gasteiger partial charge in [0, 0.05) is 19.0 Å². The summed E-state index contributed by atoms with van der Waals surface area (Å²) in [6, 6.07) is 3.03. The first kappa shape index (κ1) is 16.4. The molecule has 1 heterocycles. The molecule has 112 valence electrons. The molecule has 0 aliphatic carbocycles. The van der Waals surface area contributed by atoms with Gasteiger partial charge < -0.3 is 10.4 Å². The summed E-state index contributed by atoms with van der Waals surface area (Å²) in [7, 11) is 0. The highest BCUT2D eigenvalue weighted by Crippen LogP contribution is 2.18. The molecule has 1 aromatic heterocycles. The number of nitro groups is 1. The van der Waals surface area contributed by atoms with Crippen LogP contribution in [0.3, 0.4) is 0 Å². The lowest BCUT2D eigenvalue weighted by Gasteiger charge is -2.11. The van der Waals surface area contributed by atoms with Crippen molar-refractivity contribution in [2.45, 2.75) is 26.2 Å². The van der Waals surface area contributed by atoms with Gasteiger partial charge in [0.25, 0.3) is 5.69 Å². The fourth-order valence-corrected chi connectivity index (χ4v) is 1.73. The van der Waals surface area contributed by atoms with Crippen molar-refractivity contribution in [1.82, 2.24) is 4.98 Å². The van der Waals surface area contributed by atoms with E-state index in [1.807, 2.05) is 13.0 Å². The molecule has 2 N–H and O–H groups in total. The van der Waals surface area contributed by atoms with Gasteiger partial charge >= 0.3 is 5.97 Å². The van der Waals surface area contributed by atoms with Gasteiger partial charge in [-0.15, -0.1) is 0 Å². The van der Waals surface area contributed by atoms with Crippen LogP contribution in [0.25, 0.3) is 0 Å². The van der Waals surface area contributed by atoms with Crippen LogP contribution in [-0.4, -0.2) is 27.5 Å². The number of nitrogens with zero attached hydrogens (tertiary/aromatic N) is 3. The van der Waals surface area contributed by atoms with Gasteiger partial charge in [-0.1, -0.05) is 6.92 Å². The van der Waals surface area contributed by atoms with Crippen LogP contribution >= 0.6 is 0 Å². The minimum atomic E-state index is -0.821. The molecule has 1 rings (SSSR count). The number of nitriles is 1. The number of aromatic nitrogens is 1. The number of rotatable bonds is 8. The van der Waals surface area contributed by atoms with E-state index in [4.69, 9.17) is 10.4 Å². The lowest BCUT2D eigenvalue weighted by atomic mass is 10.0. The highest BCUT2D eigenvalue weighted by atomic mass is 16.6. The van der Waals surface area contributed by atoms with Crippen molar-refractivity contribution >= 4 is 17.5 Å². The molecular weight excluding hydrogens is 276 g/mol. The smallest absolute Gasteiger partial charge is 0.303 e. The molecular formula is C13H16N4O4. The SMILES string of the molecule is CC(CCNc1ncc([N+](=O)[O-])cc1C#N)CCC(=O)O. The molecule has 0 amide bonds. The number of carboxylic acids is 1. The number of carbonyl (C=O) groups is 1. The summed E-state index contributed by atoms with van der Waals surface area (Å²) in [5.74, 6) is -0.302. The summed E-state index contributed by atoms with van der Waals surface area (Å²) >= 11 is 0. The molecule has 1 atom stereocenters. The van der Waals surface area contributed by atoms with Gasteiger partial charge in [-0.2, -0.15) is 5.26 Å². The van der Waals surface area contributed by atoms with E-state index in [1.54, 1.807) is 0 Å². The normalized spacial score (nSPS) is 11.4. The second-order valence-electron chi connectivity index (χ2n) is 4.71. The van der Waals surface area contributed by atoms with E-state index in [-0.39, 0.29) is 23.6 Å². The quantitative estimate of drug-likeness (QED) is 0.554. The zero-order valence-corrected chi connectivity index (χ0v) is 11.6. The van der Waals surface area contributed by atoms with Crippen molar-refractivity contribution in [1.29, 1.82) is 5.26 Å². The van der Waals surface area contributed by atoms with Crippen molar-refractivity contribution in [3.63, 3.8) is 0 Å². The van der Waals surface area contributed by atoms with Crippen LogP contribution in [0.1, 0.15) is 31.7 Å². The zero-order valence-electron chi connectivity index (χ0n) is 11.6. The third-order valence-corrected chi connectivity index (χ3v) is 2.99. The number of carboxylic acid groups (broad SMARTS) is 1. The minimum absolute atomic E-state index is 0.113. The van der Waals surface area contributed by atoms with Gasteiger partial charge in [0.05, 0.1) is 4.92 Å². The van der Waals surface area contributed by atoms with Gasteiger partial charge in [-0.25, -0.2) is 4.98 Å². The van der Waals surface area contributed by atoms with Gasteiger partial charge in [0.15, 0.2) is 0 Å². The molecule has 0 fully saturated rings. The number of anilines is 1. The summed E-state index contributed by atoms with van der Waals surface area (Å²) in [5.41, 5.74) is -0.116. The van der Waals surface area contributed by atoms with Gasteiger partial charge in [-0.05, 0) is 18.8 Å². The van der Waals surface area contributed by atoms with E-state index in [1.165, 1.54) is 6.07 Å². The highest BCUT2D eigenvalue weighted by molar-refractivity contribution is 5.66. The Balaban J connectivity index is 2.54. The topological polar surface area (TPSA) is 129 Å². The van der Waals surface area contributed by atoms with Crippen LogP contribution in [0.4, 0.5) is 11.5 Å². The molecule has 0 aromatic carbocycles. The fourth-order valence-electron chi connectivity index (χ4n) is 1.73. The van der Waals surface area contributed by atoms with E-state index in [2.05, 4.69) is 10.3 Å². The van der Waals surface area contributed by atoms with Gasteiger partial charge in [-0.3, -0.25) is 14.9 Å². The largest absolute Gasteiger partial charge is 0.481 e. The Morgan fingerprint density at radius 1 is 1.62 bits per heavy atom. The molecule has 0 aliphatic heterocycles. The van der Waals surface area contributed by atoms with E-state index in [9.17, 15) is 14.9 Å². The number of aliphatic carboxylic acids is 1. The van der Waals surface area contributed by atoms with Gasteiger partial charge in [0.1, 0.15) is 23.6 Å². The molecule has 1 unspecified atom stereocenters. The molecule has 8 heteroatoms. The Hall–Kier alpha value is -2.69. The van der Waals surface area contributed by atoms with Crippen molar-refractivity contribution in [3.8, 4) is 6.07 Å². The van der Waals surface area contributed by atoms with Crippen molar-refractivity contribution in [2.24, 2.45) is 5.92 Å². The van der Waals surface area contributed by atoms with Gasteiger partial charge in [0.2, 0.25) is 0 Å². The monoisotopic (exact) mass is 292 g/mol. The molecule has 0 saturated heterocycles. The standard InChI is InChI=1S/C13H16N4O4/c1-9(2-3-12(18)19)4-5-15-13-10(7-14)6-11(8-16-13)17(20)21/h6,8-9H,2-5H2,1H3,(H,15,16)(H,18,19). The predicted molar refractivity (Wildman–Crippen MR) is 74.7 cm³/mol. The molecule has 0 saturated carbocycles. The fraction of sp³-hybridized carbons (Fsp3) is 0.462. The Bertz CT molecular complexity index is 568. The predicted octanol–water partition coefficient (Wildman–Crippen LogP) is 2.16. The Morgan fingerprint density at radius 2 is 2.33 bits per heavy atom. The summed E-state index contributed by atoms with van der Waals surface area (Å²) in [4.78, 5) is 24.3. The Morgan fingerprint density at radius 3 is 2.90 bits per heavy atom. The van der Waals surface area contributed by atoms with Crippen LogP contribution in [0.2, 0.25) is 0 Å². The lowest BCUT2D eigenvalue weighted by Crippen LogP contribution is -2.10. The summed E-state index contributed by atoms with van der Waals surface area (Å²) < 4.78 is 0. The highest BCUT2D eigenvalue weighted by Gasteiger charge is 2.12. The van der Waals surface area contributed by atoms with Crippen molar-refractivity contribution in [3.05, 3.63) is 27.9 Å². The third-order valence-electron chi connectivity index (χ3n) is 2.99. The molecule has 0 spiro atoms. The number of hydrogen-bond acceptors (Lipinski definition) is 6. The minimum Gasteiger partial charge on any atom is -0.481 e. The average molecular weight is 292 g/mol. The molecule has 0 radical (unpaired) electrons. The first-order chi connectivity index (χ1) is 9.93. The van der Waals surface area contributed by atoms with Crippen molar-refractivity contribution in [2.75, 3.05) is 11.9 Å². The second-order valence-corrected chi connectivity index (χ2v) is 4.71. The van der Waals surface area contributed by atoms with Crippen LogP contribution in [0.5, 0.6) is 0 Å². The maximum absolute atomic E-state index is 10.6. The Labute approximate surface area is 121 Å². The van der Waals surface area contributed by atoms with Crippen LogP contribution in [-0.2, 0) is 4.79 Å². The van der Waals surface area contributed by atoms with Crippen molar-refractivity contribution < 1.29 is 14.8 Å². The van der Waals surface area contributed by atoms with E-state index >= 15 is 0 Å². The molecule has 8 nitrogen and oxygen atoms in total. The molecule has 0 aliphatic rings. The summed E-state index contributed by atoms with van der Waals surface area (Å²) in [5, 5.41) is 31.1. The van der Waals surface area contributed by atoms with E-state index < -0.39 is 10.9 Å². The maximum atomic E-state index is 10.6. The van der Waals surface area contributed by atoms with E-state index in [0.29, 0.717) is 18.8 Å². The van der Waals surface area contributed by atoms with Crippen LogP contribution < -0.4 is 5.32 Å². The average Bonchev–Trinajstić information content (AvgIpc) is 2.45. The molecule has 1 aromatic rings. The number of nitrogens with one attached hydrogen (secondary N) is 1. The third kappa shape index (κ3) is 5.44. The number of hydrogen-bond donors (Lipinski definition) is 2. The maximum Gasteiger partial charge on any atom is 0.303 e. The summed E-state index contributed by atoms with van der Waals surface area (Å²) in [6.07, 6.45) is 2.52. The summed E-state index contributed by atoms with van der Waals surface area (Å²) in [6.45, 7) is 2.46. The first-order valence-electron chi connectivity index (χ1n) is 6.44. The lowest BCUT2D eigenvalue weighted by molar-refractivity contribution is -0.385.